The number of carbonyl (C=O) groups is 1. The number of amides is 1. The van der Waals surface area contributed by atoms with Crippen molar-refractivity contribution >= 4 is 23.7 Å². The number of rotatable bonds is 7. The van der Waals surface area contributed by atoms with Crippen LogP contribution in [0.3, 0.4) is 0 Å². The molecule has 2 rings (SSSR count). The number of hydrogen-bond donors (Lipinski definition) is 2. The highest BCUT2D eigenvalue weighted by molar-refractivity contribution is 6.32. The van der Waals surface area contributed by atoms with Gasteiger partial charge in [0.1, 0.15) is 0 Å². The topological polar surface area (TPSA) is 98.6 Å². The van der Waals surface area contributed by atoms with E-state index >= 15 is 0 Å². The summed E-state index contributed by atoms with van der Waals surface area (Å²) in [6.45, 7) is 0. The van der Waals surface area contributed by atoms with E-state index in [-0.39, 0.29) is 22.1 Å². The third-order valence-electron chi connectivity index (χ3n) is 3.58. The number of phenols is 1. The lowest BCUT2D eigenvalue weighted by Gasteiger charge is -2.13. The number of nitrogens with zero attached hydrogens (tertiary/aromatic N) is 1. The number of ether oxygens (including phenoxy) is 4. The largest absolute Gasteiger partial charge is 0.503 e. The first-order valence-corrected chi connectivity index (χ1v) is 8.02. The molecule has 0 aromatic heterocycles. The lowest BCUT2D eigenvalue weighted by atomic mass is 10.1. The predicted octanol–water partition coefficient (Wildman–Crippen LogP) is 2.84. The molecule has 8 nitrogen and oxygen atoms in total. The van der Waals surface area contributed by atoms with E-state index in [1.54, 1.807) is 0 Å². The summed E-state index contributed by atoms with van der Waals surface area (Å²) in [5.41, 5.74) is 3.19. The van der Waals surface area contributed by atoms with Crippen LogP contribution in [0.5, 0.6) is 28.7 Å². The molecule has 0 radical (unpaired) electrons. The highest BCUT2D eigenvalue weighted by Crippen LogP contribution is 2.38. The molecule has 0 bridgehead atoms. The summed E-state index contributed by atoms with van der Waals surface area (Å²) in [5.74, 6) is 0.618. The fourth-order valence-corrected chi connectivity index (χ4v) is 2.49. The standard InChI is InChI=1S/C18H19ClN2O6/c1-24-13-6-10(5-12(19)16(13)22)9-20-21-18(23)11-7-14(25-2)17(27-4)15(8-11)26-3/h5-9,22H,1-4H3,(H,21,23)/b20-9+. The summed E-state index contributed by atoms with van der Waals surface area (Å²) >= 11 is 5.91. The van der Waals surface area contributed by atoms with Crippen LogP contribution < -0.4 is 24.4 Å². The molecule has 0 aliphatic rings. The average molecular weight is 395 g/mol. The molecular formula is C18H19ClN2O6. The highest BCUT2D eigenvalue weighted by Gasteiger charge is 2.16. The van der Waals surface area contributed by atoms with E-state index in [0.29, 0.717) is 22.8 Å². The van der Waals surface area contributed by atoms with Gasteiger partial charge in [-0.25, -0.2) is 5.43 Å². The minimum atomic E-state index is -0.484. The van der Waals surface area contributed by atoms with Gasteiger partial charge in [-0.05, 0) is 29.8 Å². The first-order chi connectivity index (χ1) is 12.9. The van der Waals surface area contributed by atoms with Gasteiger partial charge < -0.3 is 24.1 Å². The number of hydrazone groups is 1. The van der Waals surface area contributed by atoms with Crippen molar-refractivity contribution in [3.05, 3.63) is 40.4 Å². The first kappa shape index (κ1) is 20.2. The van der Waals surface area contributed by atoms with Gasteiger partial charge in [0.2, 0.25) is 5.75 Å². The molecule has 1 amide bonds. The molecule has 9 heteroatoms. The Morgan fingerprint density at radius 1 is 1.00 bits per heavy atom. The Kier molecular flexibility index (Phi) is 6.73. The number of methoxy groups -OCH3 is 4. The molecule has 2 N–H and O–H groups in total. The number of aromatic hydroxyl groups is 1. The van der Waals surface area contributed by atoms with Crippen LogP contribution in [-0.4, -0.2) is 45.7 Å². The predicted molar refractivity (Wildman–Crippen MR) is 101 cm³/mol. The zero-order valence-corrected chi connectivity index (χ0v) is 16.0. The molecule has 0 heterocycles. The van der Waals surface area contributed by atoms with E-state index in [0.717, 1.165) is 0 Å². The second-order valence-electron chi connectivity index (χ2n) is 5.17. The van der Waals surface area contributed by atoms with Crippen molar-refractivity contribution in [2.75, 3.05) is 28.4 Å². The highest BCUT2D eigenvalue weighted by atomic mass is 35.5. The Morgan fingerprint density at radius 2 is 1.59 bits per heavy atom. The third-order valence-corrected chi connectivity index (χ3v) is 3.87. The Balaban J connectivity index is 2.21. The number of halogens is 1. The van der Waals surface area contributed by atoms with Crippen LogP contribution in [0, 0.1) is 0 Å². The van der Waals surface area contributed by atoms with Crippen LogP contribution in [0.2, 0.25) is 5.02 Å². The van der Waals surface area contributed by atoms with Crippen molar-refractivity contribution in [2.24, 2.45) is 5.10 Å². The lowest BCUT2D eigenvalue weighted by Crippen LogP contribution is -2.18. The van der Waals surface area contributed by atoms with Gasteiger partial charge in [-0.1, -0.05) is 11.6 Å². The van der Waals surface area contributed by atoms with Gasteiger partial charge in [-0.15, -0.1) is 0 Å². The molecule has 0 saturated heterocycles. The van der Waals surface area contributed by atoms with E-state index < -0.39 is 5.91 Å². The minimum absolute atomic E-state index is 0.103. The van der Waals surface area contributed by atoms with Crippen LogP contribution in [0.15, 0.2) is 29.4 Å². The maximum atomic E-state index is 12.3. The molecule has 2 aromatic carbocycles. The number of phenolic OH excluding ortho intramolecular Hbond substituents is 1. The Labute approximate surface area is 161 Å². The van der Waals surface area contributed by atoms with Crippen LogP contribution in [-0.2, 0) is 0 Å². The van der Waals surface area contributed by atoms with Gasteiger partial charge in [-0.3, -0.25) is 4.79 Å². The number of carbonyl (C=O) groups excluding carboxylic acids is 1. The normalized spacial score (nSPS) is 10.6. The smallest absolute Gasteiger partial charge is 0.271 e. The minimum Gasteiger partial charge on any atom is -0.503 e. The van der Waals surface area contributed by atoms with Gasteiger partial charge in [-0.2, -0.15) is 5.10 Å². The maximum Gasteiger partial charge on any atom is 0.271 e. The van der Waals surface area contributed by atoms with Crippen molar-refractivity contribution in [3.8, 4) is 28.7 Å². The van der Waals surface area contributed by atoms with Crippen LogP contribution >= 0.6 is 11.6 Å². The molecule has 144 valence electrons. The van der Waals surface area contributed by atoms with E-state index in [1.807, 2.05) is 0 Å². The fourth-order valence-electron chi connectivity index (χ4n) is 2.27. The van der Waals surface area contributed by atoms with Crippen molar-refractivity contribution in [2.45, 2.75) is 0 Å². The molecule has 0 aliphatic carbocycles. The average Bonchev–Trinajstić information content (AvgIpc) is 2.68. The third kappa shape index (κ3) is 4.53. The molecule has 0 fully saturated rings. The molecule has 0 atom stereocenters. The summed E-state index contributed by atoms with van der Waals surface area (Å²) < 4.78 is 20.7. The van der Waals surface area contributed by atoms with E-state index in [1.165, 1.54) is 58.9 Å². The molecule has 27 heavy (non-hydrogen) atoms. The maximum absolute atomic E-state index is 12.3. The van der Waals surface area contributed by atoms with Crippen molar-refractivity contribution in [1.29, 1.82) is 0 Å². The number of hydrogen-bond acceptors (Lipinski definition) is 7. The number of nitrogens with one attached hydrogen (secondary N) is 1. The molecule has 0 aliphatic heterocycles. The molecule has 2 aromatic rings. The summed E-state index contributed by atoms with van der Waals surface area (Å²) in [6, 6.07) is 6.02. The first-order valence-electron chi connectivity index (χ1n) is 7.65. The molecular weight excluding hydrogens is 376 g/mol. The molecule has 0 unspecified atom stereocenters. The van der Waals surface area contributed by atoms with Crippen molar-refractivity contribution in [3.63, 3.8) is 0 Å². The number of benzene rings is 2. The Hall–Kier alpha value is -3.13. The molecule has 0 spiro atoms. The summed E-state index contributed by atoms with van der Waals surface area (Å²) in [5, 5.41) is 13.7. The zero-order valence-electron chi connectivity index (χ0n) is 15.2. The van der Waals surface area contributed by atoms with Gasteiger partial charge in [0.15, 0.2) is 23.0 Å². The summed E-state index contributed by atoms with van der Waals surface area (Å²) in [4.78, 5) is 12.3. The Bertz CT molecular complexity index is 844. The fraction of sp³-hybridized carbons (Fsp3) is 0.222. The van der Waals surface area contributed by atoms with Crippen LogP contribution in [0.1, 0.15) is 15.9 Å². The second-order valence-corrected chi connectivity index (χ2v) is 5.57. The van der Waals surface area contributed by atoms with Crippen molar-refractivity contribution < 1.29 is 28.8 Å². The summed E-state index contributed by atoms with van der Waals surface area (Å²) in [6.07, 6.45) is 1.36. The SMILES string of the molecule is COc1cc(/C=N/NC(=O)c2cc(OC)c(OC)c(OC)c2)cc(Cl)c1O. The van der Waals surface area contributed by atoms with Gasteiger partial charge >= 0.3 is 0 Å². The quantitative estimate of drug-likeness (QED) is 0.553. The zero-order chi connectivity index (χ0) is 20.0. The van der Waals surface area contributed by atoms with E-state index in [9.17, 15) is 9.90 Å². The molecule has 0 saturated carbocycles. The van der Waals surface area contributed by atoms with Gasteiger partial charge in [0.05, 0.1) is 39.7 Å². The van der Waals surface area contributed by atoms with E-state index in [4.69, 9.17) is 30.5 Å². The van der Waals surface area contributed by atoms with E-state index in [2.05, 4.69) is 10.5 Å². The van der Waals surface area contributed by atoms with Gasteiger partial charge in [0, 0.05) is 5.56 Å². The van der Waals surface area contributed by atoms with Crippen LogP contribution in [0.4, 0.5) is 0 Å². The second kappa shape index (κ2) is 9.00. The Morgan fingerprint density at radius 3 is 2.11 bits per heavy atom. The monoisotopic (exact) mass is 394 g/mol. The van der Waals surface area contributed by atoms with Crippen molar-refractivity contribution in [1.82, 2.24) is 5.43 Å². The van der Waals surface area contributed by atoms with Crippen LogP contribution in [0.25, 0.3) is 0 Å². The lowest BCUT2D eigenvalue weighted by molar-refractivity contribution is 0.0954. The van der Waals surface area contributed by atoms with Gasteiger partial charge in [0.25, 0.3) is 5.91 Å². The summed E-state index contributed by atoms with van der Waals surface area (Å²) in [7, 11) is 5.79.